The standard InChI is InChI=1S/C20H22N2O2/c1-2-12-23-14-17-9-7-16(8-10-17)11-13-24-20-18-5-3-4-6-19(18)21-15-22-20/h3-10,15H,2,11-14H2,1H3. The van der Waals surface area contributed by atoms with Gasteiger partial charge in [0.05, 0.1) is 24.1 Å². The van der Waals surface area contributed by atoms with E-state index < -0.39 is 0 Å². The third-order valence-corrected chi connectivity index (χ3v) is 3.78. The van der Waals surface area contributed by atoms with Crippen LogP contribution < -0.4 is 4.74 Å². The van der Waals surface area contributed by atoms with Crippen LogP contribution in [0.25, 0.3) is 10.9 Å². The van der Waals surface area contributed by atoms with Crippen molar-refractivity contribution in [2.24, 2.45) is 0 Å². The molecule has 1 heterocycles. The largest absolute Gasteiger partial charge is 0.477 e. The summed E-state index contributed by atoms with van der Waals surface area (Å²) in [6.45, 7) is 4.19. The molecule has 3 aromatic rings. The van der Waals surface area contributed by atoms with Crippen LogP contribution in [0.2, 0.25) is 0 Å². The molecule has 2 aromatic carbocycles. The smallest absolute Gasteiger partial charge is 0.224 e. The number of aromatic nitrogens is 2. The molecule has 0 spiro atoms. The molecule has 0 amide bonds. The maximum Gasteiger partial charge on any atom is 0.224 e. The van der Waals surface area contributed by atoms with Crippen LogP contribution in [0.15, 0.2) is 54.9 Å². The second-order valence-electron chi connectivity index (χ2n) is 5.66. The topological polar surface area (TPSA) is 44.2 Å². The molecule has 124 valence electrons. The minimum atomic E-state index is 0.590. The molecular weight excluding hydrogens is 300 g/mol. The van der Waals surface area contributed by atoms with Crippen LogP contribution in [0.4, 0.5) is 0 Å². The van der Waals surface area contributed by atoms with Crippen LogP contribution in [0.1, 0.15) is 24.5 Å². The Labute approximate surface area is 142 Å². The Balaban J connectivity index is 1.54. The van der Waals surface area contributed by atoms with Crippen molar-refractivity contribution in [1.82, 2.24) is 9.97 Å². The third-order valence-electron chi connectivity index (χ3n) is 3.78. The summed E-state index contributed by atoms with van der Waals surface area (Å²) in [4.78, 5) is 8.49. The Morgan fingerprint density at radius 1 is 0.875 bits per heavy atom. The van der Waals surface area contributed by atoms with Crippen molar-refractivity contribution < 1.29 is 9.47 Å². The van der Waals surface area contributed by atoms with Crippen molar-refractivity contribution in [3.8, 4) is 5.88 Å². The predicted molar refractivity (Wildman–Crippen MR) is 95.1 cm³/mol. The second-order valence-corrected chi connectivity index (χ2v) is 5.66. The first-order chi connectivity index (χ1) is 11.9. The van der Waals surface area contributed by atoms with E-state index in [0.29, 0.717) is 19.1 Å². The molecule has 0 radical (unpaired) electrons. The first-order valence-corrected chi connectivity index (χ1v) is 8.35. The Bertz CT molecular complexity index is 767. The van der Waals surface area contributed by atoms with E-state index >= 15 is 0 Å². The summed E-state index contributed by atoms with van der Waals surface area (Å²) in [7, 11) is 0. The first-order valence-electron chi connectivity index (χ1n) is 8.35. The van der Waals surface area contributed by atoms with Crippen LogP contribution in [-0.4, -0.2) is 23.2 Å². The molecule has 0 saturated heterocycles. The van der Waals surface area contributed by atoms with Crippen molar-refractivity contribution in [3.05, 3.63) is 66.0 Å². The van der Waals surface area contributed by atoms with Crippen LogP contribution in [0.3, 0.4) is 0 Å². The number of ether oxygens (including phenoxy) is 2. The second kappa shape index (κ2) is 8.41. The lowest BCUT2D eigenvalue weighted by Crippen LogP contribution is -2.03. The van der Waals surface area contributed by atoms with E-state index in [9.17, 15) is 0 Å². The van der Waals surface area contributed by atoms with Gasteiger partial charge < -0.3 is 9.47 Å². The van der Waals surface area contributed by atoms with Crippen molar-refractivity contribution >= 4 is 10.9 Å². The highest BCUT2D eigenvalue weighted by atomic mass is 16.5. The lowest BCUT2D eigenvalue weighted by molar-refractivity contribution is 0.121. The van der Waals surface area contributed by atoms with Gasteiger partial charge in [0, 0.05) is 13.0 Å². The molecule has 24 heavy (non-hydrogen) atoms. The number of para-hydroxylation sites is 1. The van der Waals surface area contributed by atoms with Crippen LogP contribution in [0, 0.1) is 0 Å². The molecule has 0 atom stereocenters. The van der Waals surface area contributed by atoms with Gasteiger partial charge in [0.25, 0.3) is 0 Å². The number of rotatable bonds is 8. The zero-order valence-electron chi connectivity index (χ0n) is 13.9. The summed E-state index contributed by atoms with van der Waals surface area (Å²) in [6, 6.07) is 16.4. The molecule has 4 nitrogen and oxygen atoms in total. The highest BCUT2D eigenvalue weighted by Gasteiger charge is 2.04. The minimum Gasteiger partial charge on any atom is -0.477 e. The van der Waals surface area contributed by atoms with E-state index in [1.54, 1.807) is 6.33 Å². The Hall–Kier alpha value is -2.46. The van der Waals surface area contributed by atoms with Gasteiger partial charge in [-0.3, -0.25) is 0 Å². The number of hydrogen-bond acceptors (Lipinski definition) is 4. The van der Waals surface area contributed by atoms with E-state index in [0.717, 1.165) is 30.4 Å². The Morgan fingerprint density at radius 2 is 1.67 bits per heavy atom. The molecule has 0 bridgehead atoms. The Morgan fingerprint density at radius 3 is 2.50 bits per heavy atom. The summed E-state index contributed by atoms with van der Waals surface area (Å²) >= 11 is 0. The van der Waals surface area contributed by atoms with Crippen LogP contribution in [-0.2, 0) is 17.8 Å². The monoisotopic (exact) mass is 322 g/mol. The average Bonchev–Trinajstić information content (AvgIpc) is 2.63. The molecule has 0 aliphatic rings. The van der Waals surface area contributed by atoms with Gasteiger partial charge in [-0.2, -0.15) is 0 Å². The number of fused-ring (bicyclic) bond motifs is 1. The van der Waals surface area contributed by atoms with Gasteiger partial charge in [-0.05, 0) is 29.7 Å². The van der Waals surface area contributed by atoms with Gasteiger partial charge >= 0.3 is 0 Å². The van der Waals surface area contributed by atoms with E-state index in [2.05, 4.69) is 41.2 Å². The first kappa shape index (κ1) is 16.4. The third kappa shape index (κ3) is 4.30. The summed E-state index contributed by atoms with van der Waals surface area (Å²) in [6.07, 6.45) is 3.43. The zero-order valence-corrected chi connectivity index (χ0v) is 13.9. The highest BCUT2D eigenvalue weighted by Crippen LogP contribution is 2.20. The van der Waals surface area contributed by atoms with Gasteiger partial charge in [0.1, 0.15) is 6.33 Å². The lowest BCUT2D eigenvalue weighted by atomic mass is 10.1. The minimum absolute atomic E-state index is 0.590. The average molecular weight is 322 g/mol. The lowest BCUT2D eigenvalue weighted by Gasteiger charge is -2.08. The SMILES string of the molecule is CCCOCc1ccc(CCOc2ncnc3ccccc23)cc1. The molecule has 0 fully saturated rings. The molecule has 1 aromatic heterocycles. The normalized spacial score (nSPS) is 10.9. The van der Waals surface area contributed by atoms with E-state index in [1.807, 2.05) is 24.3 Å². The van der Waals surface area contributed by atoms with Crippen molar-refractivity contribution in [1.29, 1.82) is 0 Å². The van der Waals surface area contributed by atoms with Gasteiger partial charge in [-0.25, -0.2) is 9.97 Å². The van der Waals surface area contributed by atoms with Crippen molar-refractivity contribution in [2.75, 3.05) is 13.2 Å². The maximum atomic E-state index is 5.86. The fraction of sp³-hybridized carbons (Fsp3) is 0.300. The summed E-state index contributed by atoms with van der Waals surface area (Å²) in [5.74, 6) is 0.644. The Kier molecular flexibility index (Phi) is 5.75. The summed E-state index contributed by atoms with van der Waals surface area (Å²) in [5, 5.41) is 0.948. The molecule has 0 aliphatic heterocycles. The number of hydrogen-bond donors (Lipinski definition) is 0. The van der Waals surface area contributed by atoms with E-state index in [1.165, 1.54) is 11.1 Å². The molecule has 0 aliphatic carbocycles. The number of benzene rings is 2. The van der Waals surface area contributed by atoms with Crippen molar-refractivity contribution in [3.63, 3.8) is 0 Å². The molecule has 0 N–H and O–H groups in total. The van der Waals surface area contributed by atoms with Crippen LogP contribution in [0.5, 0.6) is 5.88 Å². The van der Waals surface area contributed by atoms with Crippen LogP contribution >= 0.6 is 0 Å². The zero-order chi connectivity index (χ0) is 16.6. The molecule has 3 rings (SSSR count). The fourth-order valence-electron chi connectivity index (χ4n) is 2.50. The molecular formula is C20H22N2O2. The summed E-state index contributed by atoms with van der Waals surface area (Å²) < 4.78 is 11.4. The van der Waals surface area contributed by atoms with Gasteiger partial charge in [0.15, 0.2) is 0 Å². The maximum absolute atomic E-state index is 5.86. The molecule has 0 saturated carbocycles. The van der Waals surface area contributed by atoms with Gasteiger partial charge in [0.2, 0.25) is 5.88 Å². The fourth-order valence-corrected chi connectivity index (χ4v) is 2.50. The van der Waals surface area contributed by atoms with E-state index in [4.69, 9.17) is 9.47 Å². The molecule has 4 heteroatoms. The number of nitrogens with zero attached hydrogens (tertiary/aromatic N) is 2. The van der Waals surface area contributed by atoms with Gasteiger partial charge in [-0.15, -0.1) is 0 Å². The summed E-state index contributed by atoms with van der Waals surface area (Å²) in [5.41, 5.74) is 3.35. The quantitative estimate of drug-likeness (QED) is 0.584. The highest BCUT2D eigenvalue weighted by molar-refractivity contribution is 5.82. The predicted octanol–water partition coefficient (Wildman–Crippen LogP) is 4.18. The van der Waals surface area contributed by atoms with E-state index in [-0.39, 0.29) is 0 Å². The van der Waals surface area contributed by atoms with Gasteiger partial charge in [-0.1, -0.05) is 43.3 Å². The van der Waals surface area contributed by atoms with Crippen molar-refractivity contribution in [2.45, 2.75) is 26.4 Å². The molecule has 0 unspecified atom stereocenters.